The molecule has 1 N–H and O–H groups in total. The molecule has 0 aliphatic carbocycles. The Hall–Kier alpha value is -3.41. The molecule has 130 valence electrons. The molecule has 0 unspecified atom stereocenters. The third-order valence-corrected chi connectivity index (χ3v) is 4.47. The molecule has 3 heterocycles. The van der Waals surface area contributed by atoms with Crippen molar-refractivity contribution in [1.82, 2.24) is 19.3 Å². The first-order chi connectivity index (χ1) is 12.5. The number of ketones is 1. The third kappa shape index (κ3) is 2.86. The Morgan fingerprint density at radius 3 is 2.69 bits per heavy atom. The fourth-order valence-electron chi connectivity index (χ4n) is 3.09. The number of hydrogen-bond donors (Lipinski definition) is 1. The van der Waals surface area contributed by atoms with E-state index in [1.165, 1.54) is 0 Å². The first-order valence-electron chi connectivity index (χ1n) is 8.34. The summed E-state index contributed by atoms with van der Waals surface area (Å²) in [6, 6.07) is 11.5. The van der Waals surface area contributed by atoms with E-state index >= 15 is 0 Å². The zero-order valence-electron chi connectivity index (χ0n) is 14.9. The van der Waals surface area contributed by atoms with Gasteiger partial charge in [-0.1, -0.05) is 12.1 Å². The summed E-state index contributed by atoms with van der Waals surface area (Å²) in [5.41, 5.74) is 4.74. The van der Waals surface area contributed by atoms with E-state index in [1.807, 2.05) is 63.0 Å². The lowest BCUT2D eigenvalue weighted by atomic mass is 10.1. The van der Waals surface area contributed by atoms with E-state index in [9.17, 15) is 4.79 Å². The van der Waals surface area contributed by atoms with Crippen LogP contribution in [-0.2, 0) is 14.1 Å². The molecule has 3 aromatic heterocycles. The fourth-order valence-corrected chi connectivity index (χ4v) is 3.09. The van der Waals surface area contributed by atoms with Gasteiger partial charge in [-0.25, -0.2) is 4.98 Å². The normalized spacial score (nSPS) is 11.0. The van der Waals surface area contributed by atoms with E-state index in [0.717, 1.165) is 33.7 Å². The number of aryl methyl sites for hydroxylation is 2. The molecule has 0 aliphatic rings. The number of carbonyl (C=O) groups is 1. The van der Waals surface area contributed by atoms with Gasteiger partial charge in [0.05, 0.1) is 17.4 Å². The molecule has 0 aliphatic heterocycles. The molecule has 0 amide bonds. The molecule has 4 rings (SSSR count). The van der Waals surface area contributed by atoms with Crippen molar-refractivity contribution in [3.8, 4) is 11.3 Å². The van der Waals surface area contributed by atoms with Gasteiger partial charge >= 0.3 is 0 Å². The van der Waals surface area contributed by atoms with Crippen LogP contribution in [0, 0.1) is 0 Å². The highest BCUT2D eigenvalue weighted by Gasteiger charge is 2.11. The number of fused-ring (bicyclic) bond motifs is 1. The van der Waals surface area contributed by atoms with E-state index in [1.54, 1.807) is 11.6 Å². The Labute approximate surface area is 151 Å². The van der Waals surface area contributed by atoms with E-state index in [4.69, 9.17) is 0 Å². The van der Waals surface area contributed by atoms with Crippen LogP contribution in [0.15, 0.2) is 55.0 Å². The Morgan fingerprint density at radius 2 is 1.96 bits per heavy atom. The van der Waals surface area contributed by atoms with Crippen molar-refractivity contribution in [1.29, 1.82) is 0 Å². The summed E-state index contributed by atoms with van der Waals surface area (Å²) in [6.45, 7) is 1.56. The van der Waals surface area contributed by atoms with Crippen LogP contribution in [0.3, 0.4) is 0 Å². The first kappa shape index (κ1) is 16.1. The summed E-state index contributed by atoms with van der Waals surface area (Å²) in [5.74, 6) is 0.776. The SMILES string of the molecule is CC(=O)c1cccc(Nc2cc3c(cn2)cc(-c2cnn(C)c2)n3C)c1. The fraction of sp³-hybridized carbons (Fsp3) is 0.150. The Kier molecular flexibility index (Phi) is 3.80. The van der Waals surface area contributed by atoms with Gasteiger partial charge in [0.15, 0.2) is 5.78 Å². The minimum Gasteiger partial charge on any atom is -0.343 e. The highest BCUT2D eigenvalue weighted by Crippen LogP contribution is 2.28. The van der Waals surface area contributed by atoms with Crippen molar-refractivity contribution >= 4 is 28.2 Å². The number of rotatable bonds is 4. The van der Waals surface area contributed by atoms with Gasteiger partial charge in [0.1, 0.15) is 5.82 Å². The number of nitrogens with zero attached hydrogens (tertiary/aromatic N) is 4. The summed E-state index contributed by atoms with van der Waals surface area (Å²) >= 11 is 0. The largest absolute Gasteiger partial charge is 0.343 e. The van der Waals surface area contributed by atoms with Gasteiger partial charge in [-0.2, -0.15) is 5.10 Å². The van der Waals surface area contributed by atoms with Gasteiger partial charge < -0.3 is 9.88 Å². The van der Waals surface area contributed by atoms with Crippen LogP contribution in [0.2, 0.25) is 0 Å². The number of carbonyl (C=O) groups excluding carboxylic acids is 1. The van der Waals surface area contributed by atoms with Gasteiger partial charge in [-0.05, 0) is 25.1 Å². The summed E-state index contributed by atoms with van der Waals surface area (Å²) in [6.07, 6.45) is 5.70. The second-order valence-corrected chi connectivity index (χ2v) is 6.38. The molecule has 0 atom stereocenters. The molecule has 0 saturated carbocycles. The van der Waals surface area contributed by atoms with E-state index in [2.05, 4.69) is 26.0 Å². The second-order valence-electron chi connectivity index (χ2n) is 6.38. The van der Waals surface area contributed by atoms with Crippen molar-refractivity contribution in [2.75, 3.05) is 5.32 Å². The quantitative estimate of drug-likeness (QED) is 0.569. The lowest BCUT2D eigenvalue weighted by Crippen LogP contribution is -1.97. The maximum atomic E-state index is 11.6. The molecule has 6 heteroatoms. The molecular formula is C20H19N5O. The summed E-state index contributed by atoms with van der Waals surface area (Å²) in [5, 5.41) is 8.59. The molecule has 0 saturated heterocycles. The molecular weight excluding hydrogens is 326 g/mol. The van der Waals surface area contributed by atoms with Gasteiger partial charge in [0.25, 0.3) is 0 Å². The highest BCUT2D eigenvalue weighted by molar-refractivity contribution is 5.95. The van der Waals surface area contributed by atoms with E-state index in [-0.39, 0.29) is 5.78 Å². The van der Waals surface area contributed by atoms with Gasteiger partial charge in [-0.3, -0.25) is 9.48 Å². The van der Waals surface area contributed by atoms with Crippen molar-refractivity contribution < 1.29 is 4.79 Å². The molecule has 0 radical (unpaired) electrons. The van der Waals surface area contributed by atoms with Crippen molar-refractivity contribution in [2.24, 2.45) is 14.1 Å². The minimum atomic E-state index is 0.0422. The molecule has 4 aromatic rings. The average Bonchev–Trinajstić information content (AvgIpc) is 3.19. The van der Waals surface area contributed by atoms with Gasteiger partial charge in [0.2, 0.25) is 0 Å². The molecule has 6 nitrogen and oxygen atoms in total. The van der Waals surface area contributed by atoms with E-state index in [0.29, 0.717) is 5.56 Å². The lowest BCUT2D eigenvalue weighted by molar-refractivity contribution is 0.101. The molecule has 26 heavy (non-hydrogen) atoms. The number of benzene rings is 1. The Balaban J connectivity index is 1.70. The van der Waals surface area contributed by atoms with Crippen molar-refractivity contribution in [2.45, 2.75) is 6.92 Å². The smallest absolute Gasteiger partial charge is 0.159 e. The Morgan fingerprint density at radius 1 is 1.12 bits per heavy atom. The Bertz CT molecular complexity index is 1120. The average molecular weight is 345 g/mol. The zero-order valence-corrected chi connectivity index (χ0v) is 14.9. The number of nitrogens with one attached hydrogen (secondary N) is 1. The highest BCUT2D eigenvalue weighted by atomic mass is 16.1. The standard InChI is InChI=1S/C20H19N5O/c1-13(26)14-5-4-6-17(7-14)23-20-9-19-15(10-21-20)8-18(25(19)3)16-11-22-24(2)12-16/h4-12H,1-3H3,(H,21,23). The van der Waals surface area contributed by atoms with Crippen molar-refractivity contribution in [3.63, 3.8) is 0 Å². The predicted molar refractivity (Wildman–Crippen MR) is 103 cm³/mol. The summed E-state index contributed by atoms with van der Waals surface area (Å²) in [7, 11) is 3.94. The maximum Gasteiger partial charge on any atom is 0.159 e. The van der Waals surface area contributed by atoms with Crippen LogP contribution >= 0.6 is 0 Å². The van der Waals surface area contributed by atoms with Crippen LogP contribution in [0.4, 0.5) is 11.5 Å². The number of Topliss-reactive ketones (excluding diaryl/α,β-unsaturated/α-hetero) is 1. The summed E-state index contributed by atoms with van der Waals surface area (Å²) in [4.78, 5) is 16.1. The molecule has 0 bridgehead atoms. The molecule has 1 aromatic carbocycles. The van der Waals surface area contributed by atoms with Crippen LogP contribution in [0.5, 0.6) is 0 Å². The minimum absolute atomic E-state index is 0.0422. The maximum absolute atomic E-state index is 11.6. The number of anilines is 2. The molecule has 0 fully saturated rings. The van der Waals surface area contributed by atoms with Crippen molar-refractivity contribution in [3.05, 3.63) is 60.6 Å². The van der Waals surface area contributed by atoms with E-state index < -0.39 is 0 Å². The number of aromatic nitrogens is 4. The van der Waals surface area contributed by atoms with Crippen LogP contribution in [0.25, 0.3) is 22.2 Å². The van der Waals surface area contributed by atoms with Crippen LogP contribution < -0.4 is 5.32 Å². The van der Waals surface area contributed by atoms with Gasteiger partial charge in [0, 0.05) is 54.8 Å². The number of pyridine rings is 1. The third-order valence-electron chi connectivity index (χ3n) is 4.47. The topological polar surface area (TPSA) is 64.7 Å². The van der Waals surface area contributed by atoms with Crippen LogP contribution in [0.1, 0.15) is 17.3 Å². The predicted octanol–water partition coefficient (Wildman–Crippen LogP) is 3.92. The number of hydrogen-bond acceptors (Lipinski definition) is 4. The second kappa shape index (κ2) is 6.15. The van der Waals surface area contributed by atoms with Crippen LogP contribution in [-0.4, -0.2) is 25.1 Å². The lowest BCUT2D eigenvalue weighted by Gasteiger charge is -2.08. The first-order valence-corrected chi connectivity index (χ1v) is 8.34. The zero-order chi connectivity index (χ0) is 18.3. The molecule has 0 spiro atoms. The monoisotopic (exact) mass is 345 g/mol. The van der Waals surface area contributed by atoms with Gasteiger partial charge in [-0.15, -0.1) is 0 Å². The summed E-state index contributed by atoms with van der Waals surface area (Å²) < 4.78 is 3.92.